The summed E-state index contributed by atoms with van der Waals surface area (Å²) >= 11 is 0. The minimum Gasteiger partial charge on any atom is -0.353 e. The molecule has 1 aliphatic heterocycles. The van der Waals surface area contributed by atoms with E-state index in [1.54, 1.807) is 0 Å². The second-order valence-corrected chi connectivity index (χ2v) is 5.38. The number of hydrogen-bond acceptors (Lipinski definition) is 7. The lowest BCUT2D eigenvalue weighted by Gasteiger charge is -2.13. The van der Waals surface area contributed by atoms with E-state index in [-0.39, 0.29) is 39.1 Å². The van der Waals surface area contributed by atoms with E-state index in [9.17, 15) is 28.8 Å². The first kappa shape index (κ1) is 21.8. The van der Waals surface area contributed by atoms with Gasteiger partial charge in [-0.05, 0) is 0 Å². The number of imide groups is 1. The molecule has 0 aromatic heterocycles. The van der Waals surface area contributed by atoms with Crippen LogP contribution >= 0.6 is 0 Å². The fourth-order valence-corrected chi connectivity index (χ4v) is 1.89. The minimum atomic E-state index is -0.610. The van der Waals surface area contributed by atoms with Gasteiger partial charge in [0, 0.05) is 38.2 Å². The number of carbonyl (C=O) groups is 6. The molecule has 1 heterocycles. The van der Waals surface area contributed by atoms with Gasteiger partial charge in [-0.3, -0.25) is 33.7 Å². The molecule has 12 heteroatoms. The smallest absolute Gasteiger partial charge is 0.253 e. The van der Waals surface area contributed by atoms with E-state index in [0.29, 0.717) is 6.54 Å². The van der Waals surface area contributed by atoms with Crippen LogP contribution in [0.2, 0.25) is 0 Å². The summed E-state index contributed by atoms with van der Waals surface area (Å²) in [7, 11) is 0. The summed E-state index contributed by atoms with van der Waals surface area (Å²) < 4.78 is 0. The lowest BCUT2D eigenvalue weighted by molar-refractivity contribution is -0.137. The lowest BCUT2D eigenvalue weighted by Crippen LogP contribution is -2.45. The highest BCUT2D eigenvalue weighted by Crippen LogP contribution is 2.03. The molecular weight excluding hydrogens is 360 g/mol. The van der Waals surface area contributed by atoms with Gasteiger partial charge < -0.3 is 27.0 Å². The van der Waals surface area contributed by atoms with Crippen LogP contribution in [0.25, 0.3) is 0 Å². The molecule has 1 aliphatic rings. The zero-order valence-electron chi connectivity index (χ0n) is 14.6. The highest BCUT2D eigenvalue weighted by Gasteiger charge is 2.23. The van der Waals surface area contributed by atoms with Crippen LogP contribution < -0.4 is 27.0 Å². The Hall–Kier alpha value is -3.28. The van der Waals surface area contributed by atoms with Gasteiger partial charge in [0.2, 0.25) is 23.6 Å². The summed E-state index contributed by atoms with van der Waals surface area (Å²) in [5.41, 5.74) is 5.21. The third-order valence-corrected chi connectivity index (χ3v) is 3.27. The number of rotatable bonds is 11. The molecule has 0 unspecified atom stereocenters. The minimum absolute atomic E-state index is 0.0905. The van der Waals surface area contributed by atoms with Gasteiger partial charge in [0.05, 0.1) is 19.6 Å². The molecule has 0 radical (unpaired) electrons. The highest BCUT2D eigenvalue weighted by molar-refractivity contribution is 6.13. The maximum absolute atomic E-state index is 11.6. The number of carbonyl (C=O) groups excluding carboxylic acids is 6. The Labute approximate surface area is 154 Å². The van der Waals surface area contributed by atoms with Gasteiger partial charge in [0.15, 0.2) is 0 Å². The van der Waals surface area contributed by atoms with Crippen molar-refractivity contribution in [2.45, 2.75) is 6.42 Å². The van der Waals surface area contributed by atoms with Gasteiger partial charge >= 0.3 is 0 Å². The molecule has 0 aromatic carbocycles. The molecule has 27 heavy (non-hydrogen) atoms. The number of nitrogens with zero attached hydrogens (tertiary/aromatic N) is 1. The van der Waals surface area contributed by atoms with Crippen molar-refractivity contribution in [2.75, 3.05) is 39.3 Å². The summed E-state index contributed by atoms with van der Waals surface area (Å²) in [6.07, 6.45) is 2.08. The van der Waals surface area contributed by atoms with E-state index in [1.807, 2.05) is 0 Å². The van der Waals surface area contributed by atoms with E-state index in [1.165, 1.54) is 0 Å². The molecule has 0 aromatic rings. The van der Waals surface area contributed by atoms with Crippen LogP contribution in [0, 0.1) is 0 Å². The molecule has 0 fully saturated rings. The van der Waals surface area contributed by atoms with Crippen molar-refractivity contribution in [3.8, 4) is 0 Å². The predicted molar refractivity (Wildman–Crippen MR) is 91.6 cm³/mol. The summed E-state index contributed by atoms with van der Waals surface area (Å²) in [5, 5.41) is 9.34. The third kappa shape index (κ3) is 8.58. The molecule has 0 saturated heterocycles. The van der Waals surface area contributed by atoms with Crippen molar-refractivity contribution in [3.05, 3.63) is 12.2 Å². The Morgan fingerprint density at radius 1 is 0.778 bits per heavy atom. The fourth-order valence-electron chi connectivity index (χ4n) is 1.89. The van der Waals surface area contributed by atoms with Crippen molar-refractivity contribution in [1.82, 2.24) is 26.2 Å². The van der Waals surface area contributed by atoms with E-state index in [2.05, 4.69) is 21.3 Å². The van der Waals surface area contributed by atoms with Gasteiger partial charge in [-0.25, -0.2) is 0 Å². The standard InChI is InChI=1S/C15H22N6O6/c16-4-5-17-11(23)7-19-13(25)9-20-12(24)8-18-10(22)3-6-21-14(26)1-2-15(21)27/h1-2H,3-9,16H2,(H,17,23)(H,18,22)(H,19,25)(H,20,24). The first-order valence-corrected chi connectivity index (χ1v) is 8.14. The van der Waals surface area contributed by atoms with Crippen LogP contribution in [0.3, 0.4) is 0 Å². The van der Waals surface area contributed by atoms with Gasteiger partial charge in [-0.2, -0.15) is 0 Å². The van der Waals surface area contributed by atoms with E-state index >= 15 is 0 Å². The van der Waals surface area contributed by atoms with Crippen molar-refractivity contribution >= 4 is 35.4 Å². The first-order valence-electron chi connectivity index (χ1n) is 8.14. The molecule has 12 nitrogen and oxygen atoms in total. The maximum Gasteiger partial charge on any atom is 0.253 e. The van der Waals surface area contributed by atoms with Crippen molar-refractivity contribution < 1.29 is 28.8 Å². The van der Waals surface area contributed by atoms with E-state index in [0.717, 1.165) is 17.1 Å². The Morgan fingerprint density at radius 2 is 1.22 bits per heavy atom. The fraction of sp³-hybridized carbons (Fsp3) is 0.467. The number of amides is 6. The van der Waals surface area contributed by atoms with Gasteiger partial charge in [0.1, 0.15) is 0 Å². The zero-order valence-corrected chi connectivity index (χ0v) is 14.6. The largest absolute Gasteiger partial charge is 0.353 e. The molecular formula is C15H22N6O6. The summed E-state index contributed by atoms with van der Waals surface area (Å²) in [6.45, 7) is -0.490. The Balaban J connectivity index is 2.13. The van der Waals surface area contributed by atoms with Crippen molar-refractivity contribution in [1.29, 1.82) is 0 Å². The quantitative estimate of drug-likeness (QED) is 0.224. The Kier molecular flexibility index (Phi) is 9.15. The normalized spacial score (nSPS) is 12.7. The molecule has 0 atom stereocenters. The molecule has 6 amide bonds. The first-order chi connectivity index (χ1) is 12.8. The summed E-state index contributed by atoms with van der Waals surface area (Å²) in [4.78, 5) is 69.5. The van der Waals surface area contributed by atoms with Crippen LogP contribution in [0.4, 0.5) is 0 Å². The van der Waals surface area contributed by atoms with Gasteiger partial charge in [0.25, 0.3) is 11.8 Å². The molecule has 0 aliphatic carbocycles. The molecule has 148 valence electrons. The average molecular weight is 382 g/mol. The predicted octanol–water partition coefficient (Wildman–Crippen LogP) is -4.27. The van der Waals surface area contributed by atoms with Crippen molar-refractivity contribution in [3.63, 3.8) is 0 Å². The van der Waals surface area contributed by atoms with Crippen LogP contribution in [-0.4, -0.2) is 79.6 Å². The molecule has 6 N–H and O–H groups in total. The highest BCUT2D eigenvalue weighted by atomic mass is 16.2. The van der Waals surface area contributed by atoms with Crippen molar-refractivity contribution in [2.24, 2.45) is 5.73 Å². The Bertz CT molecular complexity index is 629. The number of hydrogen-bond donors (Lipinski definition) is 5. The van der Waals surface area contributed by atoms with E-state index < -0.39 is 35.4 Å². The van der Waals surface area contributed by atoms with Gasteiger partial charge in [-0.1, -0.05) is 0 Å². The number of nitrogens with two attached hydrogens (primary N) is 1. The number of nitrogens with one attached hydrogen (secondary N) is 4. The zero-order chi connectivity index (χ0) is 20.2. The monoisotopic (exact) mass is 382 g/mol. The average Bonchev–Trinajstić information content (AvgIpc) is 2.97. The molecule has 1 rings (SSSR count). The lowest BCUT2D eigenvalue weighted by atomic mass is 10.3. The SMILES string of the molecule is NCCNC(=O)CNC(=O)CNC(=O)CNC(=O)CCN1C(=O)C=CC1=O. The molecule has 0 bridgehead atoms. The summed E-state index contributed by atoms with van der Waals surface area (Å²) in [6, 6.07) is 0. The molecule has 0 spiro atoms. The second kappa shape index (κ2) is 11.4. The van der Waals surface area contributed by atoms with Crippen LogP contribution in [0.15, 0.2) is 12.2 Å². The second-order valence-electron chi connectivity index (χ2n) is 5.38. The van der Waals surface area contributed by atoms with E-state index in [4.69, 9.17) is 5.73 Å². The Morgan fingerprint density at radius 3 is 1.70 bits per heavy atom. The van der Waals surface area contributed by atoms with Gasteiger partial charge in [-0.15, -0.1) is 0 Å². The summed E-state index contributed by atoms with van der Waals surface area (Å²) in [5.74, 6) is -3.10. The maximum atomic E-state index is 11.6. The topological polar surface area (TPSA) is 180 Å². The van der Waals surface area contributed by atoms with Crippen LogP contribution in [-0.2, 0) is 28.8 Å². The molecule has 0 saturated carbocycles. The van der Waals surface area contributed by atoms with Crippen LogP contribution in [0.1, 0.15) is 6.42 Å². The van der Waals surface area contributed by atoms with Crippen LogP contribution in [0.5, 0.6) is 0 Å². The third-order valence-electron chi connectivity index (χ3n) is 3.27.